The van der Waals surface area contributed by atoms with Crippen molar-refractivity contribution in [3.8, 4) is 0 Å². The fourth-order valence-corrected chi connectivity index (χ4v) is 4.88. The molecule has 0 aliphatic carbocycles. The lowest BCUT2D eigenvalue weighted by molar-refractivity contribution is 0.0436. The van der Waals surface area contributed by atoms with Crippen molar-refractivity contribution in [1.29, 1.82) is 0 Å². The van der Waals surface area contributed by atoms with Crippen molar-refractivity contribution in [2.45, 2.75) is 11.6 Å². The van der Waals surface area contributed by atoms with Crippen molar-refractivity contribution in [3.63, 3.8) is 0 Å². The highest BCUT2D eigenvalue weighted by Gasteiger charge is 2.54. The molecule has 0 aromatic heterocycles. The lowest BCUT2D eigenvalue weighted by atomic mass is 9.79. The molecule has 2 aromatic carbocycles. The smallest absolute Gasteiger partial charge is 0.257 e. The number of ether oxygens (including phenoxy) is 1. The van der Waals surface area contributed by atoms with E-state index in [2.05, 4.69) is 5.32 Å². The maximum absolute atomic E-state index is 14.6. The van der Waals surface area contributed by atoms with Gasteiger partial charge in [0.1, 0.15) is 11.4 Å². The summed E-state index contributed by atoms with van der Waals surface area (Å²) in [6.45, 7) is 0.0117. The summed E-state index contributed by atoms with van der Waals surface area (Å²) >= 11 is 1.39. The predicted octanol–water partition coefficient (Wildman–Crippen LogP) is 2.56. The minimum atomic E-state index is -0.955. The van der Waals surface area contributed by atoms with Crippen molar-refractivity contribution in [2.24, 2.45) is 10.9 Å². The van der Waals surface area contributed by atoms with E-state index in [1.54, 1.807) is 42.5 Å². The van der Waals surface area contributed by atoms with Gasteiger partial charge in [-0.15, -0.1) is 0 Å². The average Bonchev–Trinajstić information content (AvgIpc) is 3.07. The molecule has 7 heteroatoms. The Bertz CT molecular complexity index is 877. The number of aliphatic imine (C=N–C) groups is 1. The largest absolute Gasteiger partial charge is 0.394 e. The molecule has 1 saturated heterocycles. The molecule has 0 saturated carbocycles. The molecule has 2 aromatic rings. The van der Waals surface area contributed by atoms with E-state index in [-0.39, 0.29) is 30.9 Å². The van der Waals surface area contributed by atoms with Gasteiger partial charge < -0.3 is 15.2 Å². The van der Waals surface area contributed by atoms with Crippen LogP contribution in [0.25, 0.3) is 0 Å². The SMILES string of the molecule is O=C(NC1=NC2(c3ccccc3F)COC(CO)C2CS1)c1ccccc1. The number of carbonyl (C=O) groups excluding carboxylic acids is 1. The Morgan fingerprint density at radius 1 is 1.26 bits per heavy atom. The second kappa shape index (κ2) is 7.42. The number of amides is 1. The van der Waals surface area contributed by atoms with Crippen LogP contribution in [-0.2, 0) is 10.3 Å². The van der Waals surface area contributed by atoms with Gasteiger partial charge in [-0.25, -0.2) is 9.38 Å². The number of hydrogen-bond donors (Lipinski definition) is 2. The summed E-state index contributed by atoms with van der Waals surface area (Å²) in [6, 6.07) is 15.3. The predicted molar refractivity (Wildman–Crippen MR) is 102 cm³/mol. The van der Waals surface area contributed by atoms with E-state index in [0.29, 0.717) is 22.0 Å². The first-order valence-corrected chi connectivity index (χ1v) is 9.69. The van der Waals surface area contributed by atoms with Crippen LogP contribution < -0.4 is 5.32 Å². The molecule has 2 aliphatic rings. The number of fused-ring (bicyclic) bond motifs is 1. The van der Waals surface area contributed by atoms with E-state index < -0.39 is 11.6 Å². The Morgan fingerprint density at radius 2 is 2.00 bits per heavy atom. The van der Waals surface area contributed by atoms with Crippen LogP contribution in [0.2, 0.25) is 0 Å². The van der Waals surface area contributed by atoms with E-state index in [9.17, 15) is 14.3 Å². The van der Waals surface area contributed by atoms with Crippen molar-refractivity contribution in [2.75, 3.05) is 19.0 Å². The molecule has 2 N–H and O–H groups in total. The Hall–Kier alpha value is -2.22. The van der Waals surface area contributed by atoms with Gasteiger partial charge in [-0.3, -0.25) is 4.79 Å². The molecule has 3 unspecified atom stereocenters. The zero-order chi connectivity index (χ0) is 18.9. The standard InChI is InChI=1S/C20H19FN2O3S/c21-16-9-5-4-8-14(16)20-12-26-17(10-24)15(20)11-27-19(23-20)22-18(25)13-6-2-1-3-7-13/h1-9,15,17,24H,10-12H2,(H,22,23,25). The Balaban J connectivity index is 1.70. The highest BCUT2D eigenvalue weighted by Crippen LogP contribution is 2.48. The molecule has 0 radical (unpaired) electrons. The summed E-state index contributed by atoms with van der Waals surface area (Å²) in [4.78, 5) is 17.2. The van der Waals surface area contributed by atoms with Crippen molar-refractivity contribution >= 4 is 22.8 Å². The zero-order valence-corrected chi connectivity index (χ0v) is 15.3. The topological polar surface area (TPSA) is 70.9 Å². The zero-order valence-electron chi connectivity index (χ0n) is 14.5. The van der Waals surface area contributed by atoms with Gasteiger partial charge in [-0.1, -0.05) is 48.2 Å². The molecule has 4 rings (SSSR count). The number of nitrogens with zero attached hydrogens (tertiary/aromatic N) is 1. The van der Waals surface area contributed by atoms with Crippen LogP contribution >= 0.6 is 11.8 Å². The molecule has 1 fully saturated rings. The van der Waals surface area contributed by atoms with Gasteiger partial charge in [-0.05, 0) is 18.2 Å². The monoisotopic (exact) mass is 386 g/mol. The van der Waals surface area contributed by atoms with Crippen LogP contribution in [0.3, 0.4) is 0 Å². The Labute approximate surface area is 160 Å². The molecule has 140 valence electrons. The number of thioether (sulfide) groups is 1. The first-order valence-electron chi connectivity index (χ1n) is 8.70. The van der Waals surface area contributed by atoms with E-state index in [1.807, 2.05) is 6.07 Å². The molecule has 5 nitrogen and oxygen atoms in total. The number of hydrogen-bond acceptors (Lipinski definition) is 5. The van der Waals surface area contributed by atoms with Crippen LogP contribution in [0.4, 0.5) is 4.39 Å². The normalized spacial score (nSPS) is 27.0. The number of benzene rings is 2. The molecule has 1 amide bonds. The number of rotatable bonds is 3. The van der Waals surface area contributed by atoms with Crippen LogP contribution in [0.1, 0.15) is 15.9 Å². The molecule has 0 bridgehead atoms. The lowest BCUT2D eigenvalue weighted by Gasteiger charge is -2.36. The summed E-state index contributed by atoms with van der Waals surface area (Å²) in [5.41, 5.74) is 0.00000756. The van der Waals surface area contributed by atoms with E-state index in [0.717, 1.165) is 0 Å². The quantitative estimate of drug-likeness (QED) is 0.851. The van der Waals surface area contributed by atoms with E-state index >= 15 is 0 Å². The Morgan fingerprint density at radius 3 is 2.74 bits per heavy atom. The first-order chi connectivity index (χ1) is 13.1. The molecular weight excluding hydrogens is 367 g/mol. The summed E-state index contributed by atoms with van der Waals surface area (Å²) in [6.07, 6.45) is -0.410. The third-order valence-corrected chi connectivity index (χ3v) is 6.05. The number of aliphatic hydroxyl groups is 1. The Kier molecular flexibility index (Phi) is 4.99. The fourth-order valence-electron chi connectivity index (χ4n) is 3.66. The third-order valence-electron chi connectivity index (χ3n) is 5.06. The number of carbonyl (C=O) groups is 1. The highest BCUT2D eigenvalue weighted by atomic mass is 32.2. The molecule has 27 heavy (non-hydrogen) atoms. The van der Waals surface area contributed by atoms with Gasteiger partial charge in [-0.2, -0.15) is 0 Å². The maximum Gasteiger partial charge on any atom is 0.257 e. The van der Waals surface area contributed by atoms with Gasteiger partial charge in [0.05, 0.1) is 19.3 Å². The summed E-state index contributed by atoms with van der Waals surface area (Å²) in [5, 5.41) is 12.9. The second-order valence-corrected chi connectivity index (χ2v) is 7.60. The first kappa shape index (κ1) is 18.2. The lowest BCUT2D eigenvalue weighted by Crippen LogP contribution is -2.44. The van der Waals surface area contributed by atoms with Crippen molar-refractivity contribution in [3.05, 3.63) is 71.5 Å². The second-order valence-electron chi connectivity index (χ2n) is 6.59. The van der Waals surface area contributed by atoms with Gasteiger partial charge in [0.25, 0.3) is 5.91 Å². The molecular formula is C20H19FN2O3S. The molecule has 2 aliphatic heterocycles. The summed E-state index contributed by atoms with van der Waals surface area (Å²) in [7, 11) is 0. The highest BCUT2D eigenvalue weighted by molar-refractivity contribution is 8.13. The van der Waals surface area contributed by atoms with E-state index in [1.165, 1.54) is 17.8 Å². The van der Waals surface area contributed by atoms with Crippen molar-refractivity contribution < 1.29 is 19.0 Å². The van der Waals surface area contributed by atoms with Gasteiger partial charge in [0, 0.05) is 22.8 Å². The fraction of sp³-hybridized carbons (Fsp3) is 0.300. The van der Waals surface area contributed by atoms with Crippen LogP contribution in [0, 0.1) is 11.7 Å². The molecule has 2 heterocycles. The summed E-state index contributed by atoms with van der Waals surface area (Å²) in [5.74, 6) is -0.245. The van der Waals surface area contributed by atoms with Crippen LogP contribution in [0.15, 0.2) is 59.6 Å². The molecule has 3 atom stereocenters. The van der Waals surface area contributed by atoms with Crippen LogP contribution in [0.5, 0.6) is 0 Å². The molecule has 0 spiro atoms. The van der Waals surface area contributed by atoms with Gasteiger partial charge in [0.2, 0.25) is 0 Å². The van der Waals surface area contributed by atoms with Gasteiger partial charge >= 0.3 is 0 Å². The number of halogens is 1. The van der Waals surface area contributed by atoms with Gasteiger partial charge in [0.15, 0.2) is 5.17 Å². The van der Waals surface area contributed by atoms with Crippen molar-refractivity contribution in [1.82, 2.24) is 5.32 Å². The average molecular weight is 386 g/mol. The number of amidine groups is 1. The number of aliphatic hydroxyl groups excluding tert-OH is 1. The maximum atomic E-state index is 14.6. The summed E-state index contributed by atoms with van der Waals surface area (Å²) < 4.78 is 20.4. The minimum Gasteiger partial charge on any atom is -0.394 e. The number of nitrogens with one attached hydrogen (secondary N) is 1. The third kappa shape index (κ3) is 3.26. The van der Waals surface area contributed by atoms with E-state index in [4.69, 9.17) is 9.73 Å². The minimum absolute atomic E-state index is 0.150. The van der Waals surface area contributed by atoms with Crippen LogP contribution in [-0.4, -0.2) is 41.3 Å².